The minimum Gasteiger partial charge on any atom is -0.456 e. The lowest BCUT2D eigenvalue weighted by Gasteiger charge is -2.08. The van der Waals surface area contributed by atoms with Crippen molar-refractivity contribution in [3.63, 3.8) is 0 Å². The van der Waals surface area contributed by atoms with Crippen LogP contribution in [0.4, 0.5) is 0 Å². The number of nitrogens with one attached hydrogen (secondary N) is 2. The molecule has 6 heteroatoms. The number of pyridine rings is 1. The number of carbonyl (C=O) groups excluding carboxylic acids is 1. The normalized spacial score (nSPS) is 11.0. The number of ether oxygens (including phenoxy) is 1. The number of hydrogen-bond donors (Lipinski definition) is 2. The minimum atomic E-state index is -0.197. The van der Waals surface area contributed by atoms with E-state index >= 15 is 0 Å². The van der Waals surface area contributed by atoms with Crippen molar-refractivity contribution in [3.05, 3.63) is 72.7 Å². The Bertz CT molecular complexity index is 1120. The Hall–Kier alpha value is -3.67. The van der Waals surface area contributed by atoms with Crippen molar-refractivity contribution in [1.82, 2.24) is 20.5 Å². The molecule has 0 saturated carbocycles. The number of nitrogens with zero attached hydrogens (tertiary/aromatic N) is 2. The summed E-state index contributed by atoms with van der Waals surface area (Å²) in [5, 5.41) is 10.7. The van der Waals surface area contributed by atoms with Crippen LogP contribution in [0.5, 0.6) is 11.5 Å². The molecule has 0 aliphatic carbocycles. The lowest BCUT2D eigenvalue weighted by Crippen LogP contribution is -2.30. The number of amides is 1. The molecular weight excluding hydrogens is 352 g/mol. The van der Waals surface area contributed by atoms with Crippen LogP contribution in [0.25, 0.3) is 22.0 Å². The summed E-state index contributed by atoms with van der Waals surface area (Å²) in [6.45, 7) is 3.84. The van der Waals surface area contributed by atoms with Gasteiger partial charge < -0.3 is 10.1 Å². The summed E-state index contributed by atoms with van der Waals surface area (Å²) in [6.07, 6.45) is 3.45. The van der Waals surface area contributed by atoms with E-state index in [0.29, 0.717) is 11.4 Å². The van der Waals surface area contributed by atoms with Crippen molar-refractivity contribution < 1.29 is 9.53 Å². The van der Waals surface area contributed by atoms with Gasteiger partial charge in [0, 0.05) is 23.2 Å². The number of hydrogen-bond acceptors (Lipinski definition) is 4. The van der Waals surface area contributed by atoms with Gasteiger partial charge in [0.25, 0.3) is 5.91 Å². The smallest absolute Gasteiger partial charge is 0.272 e. The van der Waals surface area contributed by atoms with Crippen LogP contribution in [-0.2, 0) is 0 Å². The van der Waals surface area contributed by atoms with Gasteiger partial charge in [-0.2, -0.15) is 5.10 Å². The number of aromatic amines is 1. The number of carbonyl (C=O) groups is 1. The molecule has 4 aromatic rings. The molecule has 2 heterocycles. The summed E-state index contributed by atoms with van der Waals surface area (Å²) in [4.78, 5) is 16.7. The Labute approximate surface area is 162 Å². The number of fused-ring (bicyclic) bond motifs is 1. The molecule has 0 bridgehead atoms. The monoisotopic (exact) mass is 372 g/mol. The average molecular weight is 372 g/mol. The van der Waals surface area contributed by atoms with Gasteiger partial charge in [-0.05, 0) is 49.7 Å². The predicted molar refractivity (Wildman–Crippen MR) is 108 cm³/mol. The summed E-state index contributed by atoms with van der Waals surface area (Å²) in [5.41, 5.74) is 3.02. The molecule has 0 aliphatic rings. The Morgan fingerprint density at radius 1 is 1.00 bits per heavy atom. The fourth-order valence-electron chi connectivity index (χ4n) is 2.95. The highest BCUT2D eigenvalue weighted by Crippen LogP contribution is 2.29. The lowest BCUT2D eigenvalue weighted by molar-refractivity contribution is 0.0939. The van der Waals surface area contributed by atoms with Crippen LogP contribution in [0, 0.1) is 0 Å². The molecule has 0 saturated heterocycles. The van der Waals surface area contributed by atoms with Crippen LogP contribution in [-0.4, -0.2) is 27.1 Å². The van der Waals surface area contributed by atoms with Crippen molar-refractivity contribution in [1.29, 1.82) is 0 Å². The molecule has 2 aromatic carbocycles. The Kier molecular flexibility index (Phi) is 4.76. The minimum absolute atomic E-state index is 0.0402. The molecule has 0 atom stereocenters. The summed E-state index contributed by atoms with van der Waals surface area (Å²) < 4.78 is 5.87. The van der Waals surface area contributed by atoms with Gasteiger partial charge in [-0.1, -0.05) is 24.3 Å². The fraction of sp³-hybridized carbons (Fsp3) is 0.136. The predicted octanol–water partition coefficient (Wildman–Crippen LogP) is 4.56. The fourth-order valence-corrected chi connectivity index (χ4v) is 2.95. The third-order valence-corrected chi connectivity index (χ3v) is 4.22. The van der Waals surface area contributed by atoms with Crippen molar-refractivity contribution in [2.75, 3.05) is 0 Å². The molecule has 0 unspecified atom stereocenters. The van der Waals surface area contributed by atoms with E-state index in [-0.39, 0.29) is 11.9 Å². The molecule has 140 valence electrons. The lowest BCUT2D eigenvalue weighted by atomic mass is 10.0. The van der Waals surface area contributed by atoms with Gasteiger partial charge >= 0.3 is 0 Å². The maximum absolute atomic E-state index is 12.4. The van der Waals surface area contributed by atoms with Gasteiger partial charge in [0.15, 0.2) is 5.69 Å². The van der Waals surface area contributed by atoms with E-state index in [2.05, 4.69) is 20.5 Å². The quantitative estimate of drug-likeness (QED) is 0.538. The molecule has 1 amide bonds. The number of H-pyrrole nitrogens is 1. The van der Waals surface area contributed by atoms with Crippen LogP contribution in [0.1, 0.15) is 24.3 Å². The van der Waals surface area contributed by atoms with E-state index in [0.717, 1.165) is 27.8 Å². The maximum atomic E-state index is 12.4. The Morgan fingerprint density at radius 2 is 1.82 bits per heavy atom. The third kappa shape index (κ3) is 3.71. The first kappa shape index (κ1) is 17.7. The number of para-hydroxylation sites is 1. The van der Waals surface area contributed by atoms with Gasteiger partial charge in [-0.15, -0.1) is 0 Å². The third-order valence-electron chi connectivity index (χ3n) is 4.22. The molecule has 28 heavy (non-hydrogen) atoms. The van der Waals surface area contributed by atoms with Crippen LogP contribution in [0.15, 0.2) is 67.0 Å². The van der Waals surface area contributed by atoms with Crippen LogP contribution in [0.3, 0.4) is 0 Å². The van der Waals surface area contributed by atoms with E-state index in [1.165, 1.54) is 0 Å². The first-order chi connectivity index (χ1) is 13.6. The molecule has 0 fully saturated rings. The Morgan fingerprint density at radius 3 is 2.61 bits per heavy atom. The number of benzene rings is 2. The molecule has 2 aromatic heterocycles. The van der Waals surface area contributed by atoms with E-state index in [9.17, 15) is 4.79 Å². The van der Waals surface area contributed by atoms with Crippen molar-refractivity contribution >= 4 is 16.8 Å². The Balaban J connectivity index is 1.67. The number of rotatable bonds is 5. The highest BCUT2D eigenvalue weighted by atomic mass is 16.5. The van der Waals surface area contributed by atoms with Gasteiger partial charge in [-0.3, -0.25) is 14.9 Å². The zero-order valence-corrected chi connectivity index (χ0v) is 15.6. The zero-order valence-electron chi connectivity index (χ0n) is 15.6. The van der Waals surface area contributed by atoms with Crippen LogP contribution < -0.4 is 10.1 Å². The van der Waals surface area contributed by atoms with E-state index in [4.69, 9.17) is 4.74 Å². The second kappa shape index (κ2) is 7.52. The van der Waals surface area contributed by atoms with Crippen molar-refractivity contribution in [3.8, 4) is 22.6 Å². The van der Waals surface area contributed by atoms with Gasteiger partial charge in [-0.25, -0.2) is 0 Å². The molecule has 6 nitrogen and oxygen atoms in total. The molecule has 2 N–H and O–H groups in total. The van der Waals surface area contributed by atoms with Gasteiger partial charge in [0.2, 0.25) is 0 Å². The summed E-state index contributed by atoms with van der Waals surface area (Å²) >= 11 is 0. The molecule has 4 rings (SSSR count). The summed E-state index contributed by atoms with van der Waals surface area (Å²) in [7, 11) is 0. The standard InChI is InChI=1S/C22H20N4O2/c1-14(2)24-22(27)21-19-11-15(8-9-20(19)25-26-21)16-10-18(13-23-12-16)28-17-6-4-3-5-7-17/h3-14H,1-2H3,(H,24,27)(H,25,26). The average Bonchev–Trinajstić information content (AvgIpc) is 3.12. The largest absolute Gasteiger partial charge is 0.456 e. The first-order valence-electron chi connectivity index (χ1n) is 9.07. The number of aromatic nitrogens is 3. The SMILES string of the molecule is CC(C)NC(=O)c1n[nH]c2ccc(-c3cncc(Oc4ccccc4)c3)cc12. The second-order valence-corrected chi connectivity index (χ2v) is 6.79. The second-order valence-electron chi connectivity index (χ2n) is 6.79. The first-order valence-corrected chi connectivity index (χ1v) is 9.07. The van der Waals surface area contributed by atoms with Crippen LogP contribution in [0.2, 0.25) is 0 Å². The van der Waals surface area contributed by atoms with Gasteiger partial charge in [0.05, 0.1) is 11.7 Å². The summed E-state index contributed by atoms with van der Waals surface area (Å²) in [5.74, 6) is 1.20. The molecule has 0 spiro atoms. The van der Waals surface area contributed by atoms with Crippen LogP contribution >= 0.6 is 0 Å². The van der Waals surface area contributed by atoms with E-state index in [1.807, 2.05) is 68.4 Å². The highest BCUT2D eigenvalue weighted by Gasteiger charge is 2.15. The zero-order chi connectivity index (χ0) is 19.5. The van der Waals surface area contributed by atoms with E-state index < -0.39 is 0 Å². The maximum Gasteiger partial charge on any atom is 0.272 e. The van der Waals surface area contributed by atoms with Crippen molar-refractivity contribution in [2.24, 2.45) is 0 Å². The van der Waals surface area contributed by atoms with Crippen molar-refractivity contribution in [2.45, 2.75) is 19.9 Å². The topological polar surface area (TPSA) is 79.9 Å². The molecular formula is C22H20N4O2. The summed E-state index contributed by atoms with van der Waals surface area (Å²) in [6, 6.07) is 17.3. The highest BCUT2D eigenvalue weighted by molar-refractivity contribution is 6.05. The van der Waals surface area contributed by atoms with E-state index in [1.54, 1.807) is 12.4 Å². The molecule has 0 aliphatic heterocycles. The van der Waals surface area contributed by atoms with Gasteiger partial charge in [0.1, 0.15) is 11.5 Å². The molecule has 0 radical (unpaired) electrons.